The van der Waals surface area contributed by atoms with E-state index < -0.39 is 0 Å². The first-order valence-corrected chi connectivity index (χ1v) is 7.58. The van der Waals surface area contributed by atoms with Gasteiger partial charge in [0.15, 0.2) is 0 Å². The van der Waals surface area contributed by atoms with Gasteiger partial charge in [-0.3, -0.25) is 0 Å². The van der Waals surface area contributed by atoms with Crippen molar-refractivity contribution < 1.29 is 4.74 Å². The van der Waals surface area contributed by atoms with Crippen molar-refractivity contribution in [3.63, 3.8) is 0 Å². The molecule has 0 aromatic heterocycles. The van der Waals surface area contributed by atoms with Gasteiger partial charge in [0.2, 0.25) is 0 Å². The summed E-state index contributed by atoms with van der Waals surface area (Å²) < 4.78 is 8.16. The molecule has 5 heteroatoms. The highest BCUT2D eigenvalue weighted by molar-refractivity contribution is 9.11. The second kappa shape index (κ2) is 6.44. The first-order valence-electron chi connectivity index (χ1n) is 5.99. The van der Waals surface area contributed by atoms with E-state index in [0.717, 1.165) is 34.2 Å². The Morgan fingerprint density at radius 1 is 1.16 bits per heavy atom. The van der Waals surface area contributed by atoms with Crippen LogP contribution in [0.1, 0.15) is 6.42 Å². The Labute approximate surface area is 135 Å². The summed E-state index contributed by atoms with van der Waals surface area (Å²) in [5.74, 6) is 0.929. The molecule has 1 fully saturated rings. The largest absolute Gasteiger partial charge is 0.488 e. The average Bonchev–Trinajstić information content (AvgIpc) is 2.85. The van der Waals surface area contributed by atoms with Gasteiger partial charge in [-0.05, 0) is 57.9 Å². The fourth-order valence-electron chi connectivity index (χ4n) is 2.24. The topological polar surface area (TPSA) is 21.3 Å². The van der Waals surface area contributed by atoms with Gasteiger partial charge in [-0.1, -0.05) is 28.1 Å². The van der Waals surface area contributed by atoms with Gasteiger partial charge in [0.25, 0.3) is 0 Å². The van der Waals surface area contributed by atoms with Crippen molar-refractivity contribution in [3.8, 4) is 5.75 Å². The van der Waals surface area contributed by atoms with Crippen LogP contribution < -0.4 is 10.1 Å². The summed E-state index contributed by atoms with van der Waals surface area (Å²) in [5.41, 5.74) is 0. The predicted molar refractivity (Wildman–Crippen MR) is 88.5 cm³/mol. The van der Waals surface area contributed by atoms with Crippen LogP contribution in [-0.4, -0.2) is 19.2 Å². The van der Waals surface area contributed by atoms with E-state index in [1.54, 1.807) is 0 Å². The standard InChI is InChI=1S/C14H13Br2NO.ClH/c15-10-2-3-12-9(7-10)1-4-13(14(12)16)18-11-5-6-17-8-11;/h1-4,7,11,17H,5-6,8H2;1H. The van der Waals surface area contributed by atoms with Crippen molar-refractivity contribution in [2.75, 3.05) is 13.1 Å². The van der Waals surface area contributed by atoms with Crippen molar-refractivity contribution in [2.45, 2.75) is 12.5 Å². The summed E-state index contributed by atoms with van der Waals surface area (Å²) in [6, 6.07) is 10.4. The zero-order valence-electron chi connectivity index (χ0n) is 10.2. The van der Waals surface area contributed by atoms with Crippen molar-refractivity contribution in [3.05, 3.63) is 39.3 Å². The number of ether oxygens (including phenoxy) is 1. The number of fused-ring (bicyclic) bond motifs is 1. The molecule has 2 nitrogen and oxygen atoms in total. The molecule has 1 heterocycles. The Morgan fingerprint density at radius 3 is 2.74 bits per heavy atom. The van der Waals surface area contributed by atoms with E-state index >= 15 is 0 Å². The molecule has 0 amide bonds. The van der Waals surface area contributed by atoms with E-state index in [1.165, 1.54) is 10.8 Å². The normalized spacial score (nSPS) is 18.3. The van der Waals surface area contributed by atoms with Crippen LogP contribution in [0.3, 0.4) is 0 Å². The lowest BCUT2D eigenvalue weighted by molar-refractivity contribution is 0.222. The van der Waals surface area contributed by atoms with Crippen LogP contribution >= 0.6 is 44.3 Å². The van der Waals surface area contributed by atoms with Gasteiger partial charge in [0.1, 0.15) is 11.9 Å². The Hall–Kier alpha value is -0.290. The highest BCUT2D eigenvalue weighted by atomic mass is 79.9. The van der Waals surface area contributed by atoms with E-state index in [0.29, 0.717) is 0 Å². The lowest BCUT2D eigenvalue weighted by Gasteiger charge is -2.15. The molecule has 1 atom stereocenters. The highest BCUT2D eigenvalue weighted by Crippen LogP contribution is 2.35. The van der Waals surface area contributed by atoms with Gasteiger partial charge >= 0.3 is 0 Å². The molecule has 0 saturated carbocycles. The number of benzene rings is 2. The molecule has 1 saturated heterocycles. The molecule has 0 spiro atoms. The molecule has 1 unspecified atom stereocenters. The van der Waals surface area contributed by atoms with Crippen molar-refractivity contribution in [2.24, 2.45) is 0 Å². The molecule has 3 rings (SSSR count). The van der Waals surface area contributed by atoms with Crippen molar-refractivity contribution in [1.29, 1.82) is 0 Å². The van der Waals surface area contributed by atoms with Gasteiger partial charge in [0, 0.05) is 11.0 Å². The molecule has 2 aromatic carbocycles. The third-order valence-electron chi connectivity index (χ3n) is 3.19. The van der Waals surface area contributed by atoms with Crippen LogP contribution in [0.5, 0.6) is 5.75 Å². The maximum atomic E-state index is 6.02. The predicted octanol–water partition coefficient (Wildman–Crippen LogP) is 4.53. The molecular formula is C14H14Br2ClNO. The molecular weight excluding hydrogens is 393 g/mol. The quantitative estimate of drug-likeness (QED) is 0.790. The Morgan fingerprint density at radius 2 is 2.00 bits per heavy atom. The molecule has 0 aliphatic carbocycles. The number of hydrogen-bond donors (Lipinski definition) is 1. The zero-order valence-corrected chi connectivity index (χ0v) is 14.1. The van der Waals surface area contributed by atoms with E-state index in [-0.39, 0.29) is 18.5 Å². The minimum atomic E-state index is 0. The molecule has 0 bridgehead atoms. The van der Waals surface area contributed by atoms with E-state index in [1.807, 2.05) is 12.1 Å². The number of nitrogens with one attached hydrogen (secondary N) is 1. The van der Waals surface area contributed by atoms with Gasteiger partial charge < -0.3 is 10.1 Å². The molecule has 1 aliphatic rings. The van der Waals surface area contributed by atoms with Gasteiger partial charge in [-0.15, -0.1) is 12.4 Å². The fraction of sp³-hybridized carbons (Fsp3) is 0.286. The van der Waals surface area contributed by atoms with Crippen LogP contribution in [-0.2, 0) is 0 Å². The summed E-state index contributed by atoms with van der Waals surface area (Å²) in [4.78, 5) is 0. The zero-order chi connectivity index (χ0) is 12.5. The van der Waals surface area contributed by atoms with Gasteiger partial charge in [-0.25, -0.2) is 0 Å². The number of halogens is 3. The first kappa shape index (κ1) is 15.1. The van der Waals surface area contributed by atoms with Crippen LogP contribution in [0.25, 0.3) is 10.8 Å². The Balaban J connectivity index is 0.00000133. The lowest BCUT2D eigenvalue weighted by atomic mass is 10.1. The van der Waals surface area contributed by atoms with Crippen LogP contribution in [0, 0.1) is 0 Å². The molecule has 2 aromatic rings. The average molecular weight is 408 g/mol. The second-order valence-corrected chi connectivity index (χ2v) is 6.18. The number of hydrogen-bond acceptors (Lipinski definition) is 2. The van der Waals surface area contributed by atoms with E-state index in [2.05, 4.69) is 55.4 Å². The SMILES string of the molecule is Brc1ccc2c(Br)c(OC3CCNC3)ccc2c1.Cl. The van der Waals surface area contributed by atoms with Crippen molar-refractivity contribution >= 4 is 55.0 Å². The maximum Gasteiger partial charge on any atom is 0.134 e. The third-order valence-corrected chi connectivity index (χ3v) is 4.50. The molecule has 0 radical (unpaired) electrons. The van der Waals surface area contributed by atoms with Crippen LogP contribution in [0.4, 0.5) is 0 Å². The fourth-order valence-corrected chi connectivity index (χ4v) is 3.21. The van der Waals surface area contributed by atoms with Crippen LogP contribution in [0.15, 0.2) is 39.3 Å². The summed E-state index contributed by atoms with van der Waals surface area (Å²) >= 11 is 7.14. The van der Waals surface area contributed by atoms with Gasteiger partial charge in [-0.2, -0.15) is 0 Å². The Kier molecular flexibility index (Phi) is 5.12. The lowest BCUT2D eigenvalue weighted by Crippen LogP contribution is -2.19. The smallest absolute Gasteiger partial charge is 0.134 e. The van der Waals surface area contributed by atoms with Crippen LogP contribution in [0.2, 0.25) is 0 Å². The number of rotatable bonds is 2. The molecule has 1 N–H and O–H groups in total. The van der Waals surface area contributed by atoms with E-state index in [4.69, 9.17) is 4.74 Å². The highest BCUT2D eigenvalue weighted by Gasteiger charge is 2.17. The first-order chi connectivity index (χ1) is 8.74. The maximum absolute atomic E-state index is 6.02. The minimum absolute atomic E-state index is 0. The summed E-state index contributed by atoms with van der Waals surface area (Å²) in [7, 11) is 0. The Bertz CT molecular complexity index is 585. The van der Waals surface area contributed by atoms with Gasteiger partial charge in [0.05, 0.1) is 4.47 Å². The summed E-state index contributed by atoms with van der Waals surface area (Å²) in [5, 5.41) is 5.69. The summed E-state index contributed by atoms with van der Waals surface area (Å²) in [6.45, 7) is 1.98. The molecule has 1 aliphatic heterocycles. The summed E-state index contributed by atoms with van der Waals surface area (Å²) in [6.07, 6.45) is 1.36. The molecule has 102 valence electrons. The monoisotopic (exact) mass is 405 g/mol. The molecule has 19 heavy (non-hydrogen) atoms. The minimum Gasteiger partial charge on any atom is -0.488 e. The third kappa shape index (κ3) is 3.24. The second-order valence-electron chi connectivity index (χ2n) is 4.48. The van der Waals surface area contributed by atoms with Crippen molar-refractivity contribution in [1.82, 2.24) is 5.32 Å². The van der Waals surface area contributed by atoms with E-state index in [9.17, 15) is 0 Å².